The SMILES string of the molecule is Cc1cc(Cl)cc(C(N)=O)c1NC(=O)c1cc2sccc2n1-c1ncccc1Cl. The molecule has 9 heteroatoms. The third-order valence-corrected chi connectivity index (χ3v) is 5.78. The Bertz CT molecular complexity index is 1280. The van der Waals surface area contributed by atoms with Crippen LogP contribution in [0.1, 0.15) is 26.4 Å². The smallest absolute Gasteiger partial charge is 0.272 e. The molecule has 4 rings (SSSR count). The van der Waals surface area contributed by atoms with Crippen LogP contribution in [0.15, 0.2) is 48.0 Å². The van der Waals surface area contributed by atoms with Crippen molar-refractivity contribution >= 4 is 62.3 Å². The molecule has 0 aliphatic rings. The molecular formula is C20H14Cl2N4O2S. The number of hydrogen-bond donors (Lipinski definition) is 2. The van der Waals surface area contributed by atoms with Crippen molar-refractivity contribution in [1.82, 2.24) is 9.55 Å². The summed E-state index contributed by atoms with van der Waals surface area (Å²) in [5, 5.41) is 5.49. The lowest BCUT2D eigenvalue weighted by Gasteiger charge is -2.15. The summed E-state index contributed by atoms with van der Waals surface area (Å²) in [5.41, 5.74) is 7.69. The van der Waals surface area contributed by atoms with Crippen LogP contribution in [-0.2, 0) is 0 Å². The van der Waals surface area contributed by atoms with E-state index in [9.17, 15) is 9.59 Å². The van der Waals surface area contributed by atoms with Gasteiger partial charge in [0.2, 0.25) is 0 Å². The Morgan fingerprint density at radius 3 is 2.72 bits per heavy atom. The Kier molecular flexibility index (Phi) is 5.04. The van der Waals surface area contributed by atoms with Gasteiger partial charge in [-0.3, -0.25) is 14.2 Å². The molecule has 3 N–H and O–H groups in total. The van der Waals surface area contributed by atoms with Gasteiger partial charge in [0, 0.05) is 11.2 Å². The number of rotatable bonds is 4. The predicted octanol–water partition coefficient (Wildman–Crippen LogP) is 5.05. The first-order valence-electron chi connectivity index (χ1n) is 8.48. The van der Waals surface area contributed by atoms with Crippen LogP contribution in [0.5, 0.6) is 0 Å². The minimum atomic E-state index is -0.685. The number of anilines is 1. The average molecular weight is 445 g/mol. The number of halogens is 2. The molecule has 0 fully saturated rings. The number of carbonyl (C=O) groups excluding carboxylic acids is 2. The number of benzene rings is 1. The van der Waals surface area contributed by atoms with Crippen molar-refractivity contribution in [2.24, 2.45) is 5.73 Å². The molecule has 0 aliphatic heterocycles. The van der Waals surface area contributed by atoms with Gasteiger partial charge in [-0.15, -0.1) is 11.3 Å². The van der Waals surface area contributed by atoms with Crippen molar-refractivity contribution in [3.8, 4) is 5.82 Å². The standard InChI is InChI=1S/C20H14Cl2N4O2S/c1-10-7-11(21)8-12(18(23)27)17(10)25-20(28)15-9-16-14(4-6-29-16)26(15)19-13(22)3-2-5-24-19/h2-9H,1H3,(H2,23,27)(H,25,28). The van der Waals surface area contributed by atoms with Crippen LogP contribution in [0.4, 0.5) is 5.69 Å². The first-order chi connectivity index (χ1) is 13.9. The van der Waals surface area contributed by atoms with Crippen molar-refractivity contribution in [3.63, 3.8) is 0 Å². The third-order valence-electron chi connectivity index (χ3n) is 4.41. The van der Waals surface area contributed by atoms with Gasteiger partial charge in [0.1, 0.15) is 5.69 Å². The van der Waals surface area contributed by atoms with Gasteiger partial charge >= 0.3 is 0 Å². The van der Waals surface area contributed by atoms with E-state index in [-0.39, 0.29) is 5.56 Å². The van der Waals surface area contributed by atoms with Gasteiger partial charge in [-0.2, -0.15) is 0 Å². The molecule has 29 heavy (non-hydrogen) atoms. The van der Waals surface area contributed by atoms with Gasteiger partial charge < -0.3 is 11.1 Å². The molecule has 0 radical (unpaired) electrons. The number of aromatic nitrogens is 2. The molecule has 0 saturated heterocycles. The van der Waals surface area contributed by atoms with E-state index in [1.807, 2.05) is 11.4 Å². The van der Waals surface area contributed by atoms with Crippen LogP contribution in [0, 0.1) is 6.92 Å². The Morgan fingerprint density at radius 2 is 2.00 bits per heavy atom. The van der Waals surface area contributed by atoms with E-state index < -0.39 is 11.8 Å². The Balaban J connectivity index is 1.84. The zero-order valence-electron chi connectivity index (χ0n) is 15.1. The van der Waals surface area contributed by atoms with Gasteiger partial charge in [-0.25, -0.2) is 4.98 Å². The number of thiophene rings is 1. The fourth-order valence-corrected chi connectivity index (χ4v) is 4.43. The van der Waals surface area contributed by atoms with Crippen LogP contribution >= 0.6 is 34.5 Å². The molecule has 3 aromatic heterocycles. The highest BCUT2D eigenvalue weighted by Crippen LogP contribution is 2.32. The summed E-state index contributed by atoms with van der Waals surface area (Å²) in [6, 6.07) is 10.2. The third kappa shape index (κ3) is 3.48. The maximum Gasteiger partial charge on any atom is 0.272 e. The first-order valence-corrected chi connectivity index (χ1v) is 10.1. The summed E-state index contributed by atoms with van der Waals surface area (Å²) in [7, 11) is 0. The van der Waals surface area contributed by atoms with E-state index in [0.29, 0.717) is 32.8 Å². The molecule has 0 saturated carbocycles. The lowest BCUT2D eigenvalue weighted by molar-refractivity contribution is 0.100. The maximum atomic E-state index is 13.2. The highest BCUT2D eigenvalue weighted by atomic mass is 35.5. The largest absolute Gasteiger partial charge is 0.366 e. The minimum Gasteiger partial charge on any atom is -0.366 e. The number of primary amides is 1. The van der Waals surface area contributed by atoms with E-state index in [1.54, 1.807) is 42.0 Å². The minimum absolute atomic E-state index is 0.138. The number of pyridine rings is 1. The molecule has 0 bridgehead atoms. The number of aryl methyl sites for hydroxylation is 1. The van der Waals surface area contributed by atoms with Crippen molar-refractivity contribution in [3.05, 3.63) is 74.8 Å². The summed E-state index contributed by atoms with van der Waals surface area (Å²) >= 11 is 13.9. The molecule has 4 aromatic rings. The molecule has 1 aromatic carbocycles. The van der Waals surface area contributed by atoms with E-state index in [4.69, 9.17) is 28.9 Å². The van der Waals surface area contributed by atoms with Crippen molar-refractivity contribution in [2.45, 2.75) is 6.92 Å². The fraction of sp³-hybridized carbons (Fsp3) is 0.0500. The number of nitrogens with zero attached hydrogens (tertiary/aromatic N) is 2. The van der Waals surface area contributed by atoms with Gasteiger partial charge in [0.25, 0.3) is 11.8 Å². The zero-order chi connectivity index (χ0) is 20.7. The van der Waals surface area contributed by atoms with Gasteiger partial charge in [-0.05, 0) is 54.3 Å². The normalized spacial score (nSPS) is 11.0. The molecule has 146 valence electrons. The van der Waals surface area contributed by atoms with E-state index in [2.05, 4.69) is 10.3 Å². The fourth-order valence-electron chi connectivity index (χ4n) is 3.14. The first kappa shape index (κ1) is 19.4. The maximum absolute atomic E-state index is 13.2. The molecule has 3 heterocycles. The van der Waals surface area contributed by atoms with E-state index >= 15 is 0 Å². The lowest BCUT2D eigenvalue weighted by Crippen LogP contribution is -2.21. The van der Waals surface area contributed by atoms with Crippen molar-refractivity contribution in [1.29, 1.82) is 0 Å². The zero-order valence-corrected chi connectivity index (χ0v) is 17.4. The molecule has 2 amide bonds. The Labute approximate surface area is 179 Å². The number of nitrogens with two attached hydrogens (primary N) is 1. The molecule has 0 spiro atoms. The second kappa shape index (κ2) is 7.51. The number of hydrogen-bond acceptors (Lipinski definition) is 4. The second-order valence-electron chi connectivity index (χ2n) is 6.31. The highest BCUT2D eigenvalue weighted by molar-refractivity contribution is 7.17. The molecular weight excluding hydrogens is 431 g/mol. The average Bonchev–Trinajstić information content (AvgIpc) is 3.25. The number of amides is 2. The Hall–Kier alpha value is -2.87. The number of fused-ring (bicyclic) bond motifs is 1. The summed E-state index contributed by atoms with van der Waals surface area (Å²) in [6.07, 6.45) is 1.61. The molecule has 6 nitrogen and oxygen atoms in total. The summed E-state index contributed by atoms with van der Waals surface area (Å²) < 4.78 is 2.60. The number of carbonyl (C=O) groups is 2. The summed E-state index contributed by atoms with van der Waals surface area (Å²) in [4.78, 5) is 29.4. The molecule has 0 aliphatic carbocycles. The second-order valence-corrected chi connectivity index (χ2v) is 8.10. The monoisotopic (exact) mass is 444 g/mol. The molecule has 0 atom stereocenters. The van der Waals surface area contributed by atoms with E-state index in [0.717, 1.165) is 10.2 Å². The van der Waals surface area contributed by atoms with Crippen molar-refractivity contribution < 1.29 is 9.59 Å². The van der Waals surface area contributed by atoms with Crippen LogP contribution in [0.25, 0.3) is 16.0 Å². The lowest BCUT2D eigenvalue weighted by atomic mass is 10.1. The highest BCUT2D eigenvalue weighted by Gasteiger charge is 2.22. The van der Waals surface area contributed by atoms with E-state index in [1.165, 1.54) is 17.4 Å². The van der Waals surface area contributed by atoms with Crippen LogP contribution in [-0.4, -0.2) is 21.4 Å². The van der Waals surface area contributed by atoms with Crippen LogP contribution < -0.4 is 11.1 Å². The van der Waals surface area contributed by atoms with Crippen LogP contribution in [0.3, 0.4) is 0 Å². The van der Waals surface area contributed by atoms with Gasteiger partial charge in [0.15, 0.2) is 5.82 Å². The number of nitrogens with one attached hydrogen (secondary N) is 1. The Morgan fingerprint density at radius 1 is 1.21 bits per heavy atom. The van der Waals surface area contributed by atoms with Crippen LogP contribution in [0.2, 0.25) is 10.0 Å². The summed E-state index contributed by atoms with van der Waals surface area (Å²) in [5.74, 6) is -0.672. The van der Waals surface area contributed by atoms with Gasteiger partial charge in [0.05, 0.1) is 26.5 Å². The van der Waals surface area contributed by atoms with Gasteiger partial charge in [-0.1, -0.05) is 23.2 Å². The van der Waals surface area contributed by atoms with Crippen molar-refractivity contribution in [2.75, 3.05) is 5.32 Å². The predicted molar refractivity (Wildman–Crippen MR) is 117 cm³/mol. The quantitative estimate of drug-likeness (QED) is 0.461. The summed E-state index contributed by atoms with van der Waals surface area (Å²) in [6.45, 7) is 1.74. The molecule has 0 unspecified atom stereocenters. The topological polar surface area (TPSA) is 90.0 Å².